The largest absolute Gasteiger partial charge is 0.433 e. The van der Waals surface area contributed by atoms with Gasteiger partial charge in [0, 0.05) is 37.6 Å². The molecule has 1 saturated heterocycles. The fourth-order valence-electron chi connectivity index (χ4n) is 3.29. The third-order valence-electron chi connectivity index (χ3n) is 4.76. The Hall–Kier alpha value is -3.07. The van der Waals surface area contributed by atoms with Crippen LogP contribution in [0.15, 0.2) is 34.7 Å². The van der Waals surface area contributed by atoms with Crippen LogP contribution in [0.25, 0.3) is 0 Å². The number of nitrogens with zero attached hydrogens (tertiary/aromatic N) is 3. The molecular weight excluding hydrogens is 412 g/mol. The summed E-state index contributed by atoms with van der Waals surface area (Å²) >= 11 is 6.11. The van der Waals surface area contributed by atoms with E-state index < -0.39 is 16.7 Å². The van der Waals surface area contributed by atoms with E-state index in [0.717, 1.165) is 11.8 Å². The zero-order valence-electron chi connectivity index (χ0n) is 16.8. The predicted molar refractivity (Wildman–Crippen MR) is 113 cm³/mol. The highest BCUT2D eigenvalue weighted by molar-refractivity contribution is 6.31. The third kappa shape index (κ3) is 5.10. The Kier molecular flexibility index (Phi) is 6.61. The lowest BCUT2D eigenvalue weighted by Crippen LogP contribution is -2.49. The number of carbonyl (C=O) groups excluding carboxylic acids is 2. The second-order valence-corrected chi connectivity index (χ2v) is 7.91. The number of piperazine rings is 1. The minimum Gasteiger partial charge on any atom is -0.395 e. The Morgan fingerprint density at radius 1 is 1.20 bits per heavy atom. The fraction of sp³-hybridized carbons (Fsp3) is 0.400. The Labute approximate surface area is 178 Å². The first kappa shape index (κ1) is 21.6. The van der Waals surface area contributed by atoms with Gasteiger partial charge in [-0.05, 0) is 30.2 Å². The van der Waals surface area contributed by atoms with Crippen molar-refractivity contribution in [3.05, 3.63) is 51.2 Å². The van der Waals surface area contributed by atoms with E-state index >= 15 is 0 Å². The molecule has 30 heavy (non-hydrogen) atoms. The molecule has 3 rings (SSSR count). The smallest absolute Gasteiger partial charge is 0.395 e. The molecule has 2 aromatic rings. The topological polar surface area (TPSA) is 109 Å². The number of amides is 2. The molecule has 0 atom stereocenters. The van der Waals surface area contributed by atoms with Crippen LogP contribution in [0, 0.1) is 16.0 Å². The SMILES string of the molecule is CC(C)CC(=O)N1CCN(c2ccc(Cl)cc2NC(=O)c2ccc([N+](=O)[O-])o2)CC1. The average molecular weight is 435 g/mol. The van der Waals surface area contributed by atoms with Gasteiger partial charge in [0.15, 0.2) is 5.76 Å². The normalized spacial score (nSPS) is 14.1. The summed E-state index contributed by atoms with van der Waals surface area (Å²) in [6.07, 6.45) is 0.525. The highest BCUT2D eigenvalue weighted by atomic mass is 35.5. The summed E-state index contributed by atoms with van der Waals surface area (Å²) in [7, 11) is 0. The van der Waals surface area contributed by atoms with Crippen molar-refractivity contribution >= 4 is 40.7 Å². The van der Waals surface area contributed by atoms with Gasteiger partial charge >= 0.3 is 5.88 Å². The van der Waals surface area contributed by atoms with Crippen molar-refractivity contribution in [3.63, 3.8) is 0 Å². The number of anilines is 2. The predicted octanol–water partition coefficient (Wildman–Crippen LogP) is 3.79. The average Bonchev–Trinajstić information content (AvgIpc) is 3.18. The maximum Gasteiger partial charge on any atom is 0.433 e. The lowest BCUT2D eigenvalue weighted by Gasteiger charge is -2.37. The van der Waals surface area contributed by atoms with Crippen molar-refractivity contribution in [2.45, 2.75) is 20.3 Å². The van der Waals surface area contributed by atoms with Crippen LogP contribution in [0.1, 0.15) is 30.8 Å². The summed E-state index contributed by atoms with van der Waals surface area (Å²) in [5.41, 5.74) is 1.22. The van der Waals surface area contributed by atoms with Gasteiger partial charge in [-0.3, -0.25) is 19.7 Å². The first-order valence-corrected chi connectivity index (χ1v) is 10.00. The van der Waals surface area contributed by atoms with Crippen molar-refractivity contribution < 1.29 is 18.9 Å². The first-order valence-electron chi connectivity index (χ1n) is 9.62. The van der Waals surface area contributed by atoms with Crippen LogP contribution >= 0.6 is 11.6 Å². The Balaban J connectivity index is 1.72. The van der Waals surface area contributed by atoms with Crippen molar-refractivity contribution in [1.82, 2.24) is 4.90 Å². The number of nitro groups is 1. The van der Waals surface area contributed by atoms with E-state index in [1.54, 1.807) is 18.2 Å². The Bertz CT molecular complexity index is 950. The molecule has 9 nitrogen and oxygen atoms in total. The van der Waals surface area contributed by atoms with Crippen LogP contribution in [0.3, 0.4) is 0 Å². The van der Waals surface area contributed by atoms with Crippen LogP contribution < -0.4 is 10.2 Å². The number of benzene rings is 1. The van der Waals surface area contributed by atoms with Gasteiger partial charge in [-0.2, -0.15) is 0 Å². The van der Waals surface area contributed by atoms with Crippen LogP contribution in [0.5, 0.6) is 0 Å². The van der Waals surface area contributed by atoms with E-state index in [1.807, 2.05) is 18.7 Å². The lowest BCUT2D eigenvalue weighted by atomic mass is 10.1. The van der Waals surface area contributed by atoms with E-state index in [9.17, 15) is 19.7 Å². The van der Waals surface area contributed by atoms with Crippen LogP contribution in [0.4, 0.5) is 17.3 Å². The first-order chi connectivity index (χ1) is 14.2. The number of nitrogens with one attached hydrogen (secondary N) is 1. The molecule has 2 amide bonds. The van der Waals surface area contributed by atoms with Crippen molar-refractivity contribution in [1.29, 1.82) is 0 Å². The molecule has 1 aromatic heterocycles. The van der Waals surface area contributed by atoms with Gasteiger partial charge in [-0.15, -0.1) is 0 Å². The second-order valence-electron chi connectivity index (χ2n) is 7.48. The molecule has 0 bridgehead atoms. The molecule has 1 aliphatic rings. The highest BCUT2D eigenvalue weighted by Crippen LogP contribution is 2.31. The van der Waals surface area contributed by atoms with Gasteiger partial charge in [-0.1, -0.05) is 25.4 Å². The molecular formula is C20H23ClN4O5. The monoisotopic (exact) mass is 434 g/mol. The molecule has 0 unspecified atom stereocenters. The zero-order chi connectivity index (χ0) is 21.8. The molecule has 160 valence electrons. The highest BCUT2D eigenvalue weighted by Gasteiger charge is 2.24. The molecule has 0 saturated carbocycles. The minimum absolute atomic E-state index is 0.147. The summed E-state index contributed by atoms with van der Waals surface area (Å²) in [5.74, 6) is -0.831. The standard InChI is InChI=1S/C20H23ClN4O5/c1-13(2)11-18(26)24-9-7-23(8-10-24)16-4-3-14(21)12-15(16)22-20(27)17-5-6-19(30-17)25(28)29/h3-6,12-13H,7-11H2,1-2H3,(H,22,27). The molecule has 1 aromatic carbocycles. The molecule has 10 heteroatoms. The second kappa shape index (κ2) is 9.17. The van der Waals surface area contributed by atoms with Crippen molar-refractivity contribution in [2.24, 2.45) is 5.92 Å². The van der Waals surface area contributed by atoms with Crippen LogP contribution in [-0.2, 0) is 4.79 Å². The number of rotatable bonds is 6. The lowest BCUT2D eigenvalue weighted by molar-refractivity contribution is -0.402. The Morgan fingerprint density at radius 3 is 2.50 bits per heavy atom. The summed E-state index contributed by atoms with van der Waals surface area (Å²) in [6, 6.07) is 7.51. The van der Waals surface area contributed by atoms with Gasteiger partial charge in [0.2, 0.25) is 5.91 Å². The Morgan fingerprint density at radius 2 is 1.90 bits per heavy atom. The van der Waals surface area contributed by atoms with E-state index in [2.05, 4.69) is 10.2 Å². The maximum absolute atomic E-state index is 12.5. The van der Waals surface area contributed by atoms with Crippen molar-refractivity contribution in [3.8, 4) is 0 Å². The quantitative estimate of drug-likeness (QED) is 0.547. The fourth-order valence-corrected chi connectivity index (χ4v) is 3.46. The molecule has 2 heterocycles. The summed E-state index contributed by atoms with van der Waals surface area (Å²) < 4.78 is 4.96. The number of hydrogen-bond acceptors (Lipinski definition) is 6. The molecule has 1 N–H and O–H groups in total. The van der Waals surface area contributed by atoms with Gasteiger partial charge < -0.3 is 19.5 Å². The summed E-state index contributed by atoms with van der Waals surface area (Å²) in [4.78, 5) is 38.8. The zero-order valence-corrected chi connectivity index (χ0v) is 17.5. The molecule has 1 aliphatic heterocycles. The van der Waals surface area contributed by atoms with E-state index in [-0.39, 0.29) is 11.7 Å². The number of halogens is 1. The molecule has 0 spiro atoms. The number of furan rings is 1. The number of hydrogen-bond donors (Lipinski definition) is 1. The van der Waals surface area contributed by atoms with E-state index in [0.29, 0.717) is 49.2 Å². The van der Waals surface area contributed by atoms with E-state index in [1.165, 1.54) is 6.07 Å². The molecule has 1 fully saturated rings. The number of carbonyl (C=O) groups is 2. The third-order valence-corrected chi connectivity index (χ3v) is 4.99. The van der Waals surface area contributed by atoms with E-state index in [4.69, 9.17) is 16.0 Å². The van der Waals surface area contributed by atoms with Crippen molar-refractivity contribution in [2.75, 3.05) is 36.4 Å². The van der Waals surface area contributed by atoms with Gasteiger partial charge in [0.05, 0.1) is 17.4 Å². The summed E-state index contributed by atoms with van der Waals surface area (Å²) in [5, 5.41) is 13.9. The van der Waals surface area contributed by atoms with Gasteiger partial charge in [-0.25, -0.2) is 0 Å². The van der Waals surface area contributed by atoms with Gasteiger partial charge in [0.1, 0.15) is 4.92 Å². The van der Waals surface area contributed by atoms with Crippen LogP contribution in [-0.4, -0.2) is 47.8 Å². The molecule has 0 aliphatic carbocycles. The molecule has 0 radical (unpaired) electrons. The van der Waals surface area contributed by atoms with Crippen LogP contribution in [0.2, 0.25) is 5.02 Å². The summed E-state index contributed by atoms with van der Waals surface area (Å²) in [6.45, 7) is 6.44. The van der Waals surface area contributed by atoms with Gasteiger partial charge in [0.25, 0.3) is 5.91 Å². The minimum atomic E-state index is -0.707. The maximum atomic E-state index is 12.5.